The van der Waals surface area contributed by atoms with Crippen LogP contribution in [-0.4, -0.2) is 34.9 Å². The molecule has 1 aromatic carbocycles. The number of pyridine rings is 1. The van der Waals surface area contributed by atoms with Crippen LogP contribution in [0.3, 0.4) is 0 Å². The predicted molar refractivity (Wildman–Crippen MR) is 98.9 cm³/mol. The summed E-state index contributed by atoms with van der Waals surface area (Å²) in [6, 6.07) is 12.4. The number of hydrogen-bond donors (Lipinski definition) is 1. The molecule has 0 aliphatic carbocycles. The highest BCUT2D eigenvalue weighted by atomic mass is 19.4. The largest absolute Gasteiger partial charge is 0.417 e. The Morgan fingerprint density at radius 1 is 1.07 bits per heavy atom. The van der Waals surface area contributed by atoms with Gasteiger partial charge in [0.15, 0.2) is 0 Å². The van der Waals surface area contributed by atoms with Gasteiger partial charge in [-0.15, -0.1) is 0 Å². The number of alkyl halides is 3. The second-order valence-electron chi connectivity index (χ2n) is 7.68. The molecular weight excluding hydrogens is 369 g/mol. The fourth-order valence-electron chi connectivity index (χ4n) is 4.24. The number of halogens is 3. The Balaban J connectivity index is 1.44. The lowest BCUT2D eigenvalue weighted by Crippen LogP contribution is -2.51. The lowest BCUT2D eigenvalue weighted by atomic mass is 9.81. The van der Waals surface area contributed by atoms with Gasteiger partial charge in [0.2, 0.25) is 0 Å². The number of aliphatic hydroxyl groups excluding tert-OH is 1. The second-order valence-corrected chi connectivity index (χ2v) is 7.68. The molecule has 2 aliphatic rings. The summed E-state index contributed by atoms with van der Waals surface area (Å²) >= 11 is 0. The van der Waals surface area contributed by atoms with Crippen LogP contribution in [0.4, 0.5) is 19.0 Å². The van der Waals surface area contributed by atoms with Crippen molar-refractivity contribution < 1.29 is 23.0 Å². The molecule has 4 rings (SSSR count). The Bertz CT molecular complexity index is 788. The van der Waals surface area contributed by atoms with Crippen molar-refractivity contribution in [3.05, 3.63) is 59.8 Å². The topological polar surface area (TPSA) is 45.6 Å². The summed E-state index contributed by atoms with van der Waals surface area (Å²) in [5, 5.41) is 10.4. The Kier molecular flexibility index (Phi) is 5.05. The summed E-state index contributed by atoms with van der Waals surface area (Å²) in [5.41, 5.74) is -0.0812. The molecule has 0 bridgehead atoms. The van der Waals surface area contributed by atoms with E-state index in [1.165, 1.54) is 6.07 Å². The highest BCUT2D eigenvalue weighted by Crippen LogP contribution is 2.43. The van der Waals surface area contributed by atoms with Crippen molar-refractivity contribution in [1.82, 2.24) is 4.98 Å². The first kappa shape index (κ1) is 19.2. The van der Waals surface area contributed by atoms with Crippen LogP contribution in [0.2, 0.25) is 0 Å². The van der Waals surface area contributed by atoms with E-state index in [2.05, 4.69) is 4.98 Å². The van der Waals surface area contributed by atoms with Crippen molar-refractivity contribution in [1.29, 1.82) is 0 Å². The molecule has 0 radical (unpaired) electrons. The maximum Gasteiger partial charge on any atom is 0.417 e. The summed E-state index contributed by atoms with van der Waals surface area (Å²) in [5.74, 6) is 0.541. The van der Waals surface area contributed by atoms with Gasteiger partial charge in [0.05, 0.1) is 23.4 Å². The number of aromatic nitrogens is 1. The highest BCUT2D eigenvalue weighted by molar-refractivity contribution is 5.40. The molecule has 3 heterocycles. The lowest BCUT2D eigenvalue weighted by molar-refractivity contribution is -0.173. The van der Waals surface area contributed by atoms with Gasteiger partial charge >= 0.3 is 6.18 Å². The number of benzene rings is 1. The van der Waals surface area contributed by atoms with Gasteiger partial charge in [-0.05, 0) is 30.5 Å². The van der Waals surface area contributed by atoms with Gasteiger partial charge < -0.3 is 14.7 Å². The van der Waals surface area contributed by atoms with Crippen LogP contribution in [0.25, 0.3) is 0 Å². The van der Waals surface area contributed by atoms with Crippen LogP contribution < -0.4 is 4.90 Å². The van der Waals surface area contributed by atoms with E-state index < -0.39 is 23.4 Å². The number of hydrogen-bond acceptors (Lipinski definition) is 4. The first-order chi connectivity index (χ1) is 13.3. The smallest absolute Gasteiger partial charge is 0.393 e. The van der Waals surface area contributed by atoms with Crippen molar-refractivity contribution in [3.63, 3.8) is 0 Å². The van der Waals surface area contributed by atoms with Crippen LogP contribution in [0.1, 0.15) is 42.9 Å². The maximum atomic E-state index is 12.7. The Labute approximate surface area is 162 Å². The van der Waals surface area contributed by atoms with E-state index in [0.29, 0.717) is 44.6 Å². The summed E-state index contributed by atoms with van der Waals surface area (Å²) < 4.78 is 44.6. The fourth-order valence-corrected chi connectivity index (χ4v) is 4.24. The SMILES string of the molecule is O[C@@H]1C[C@H](c2ccccc2)OC2(CCN(c3ccc(C(F)(F)F)cn3)CC2)C1. The Morgan fingerprint density at radius 3 is 2.39 bits per heavy atom. The standard InChI is InChI=1S/C21H23F3N2O2/c22-21(23,24)16-6-7-19(25-14-16)26-10-8-20(9-11-26)13-17(27)12-18(28-20)15-4-2-1-3-5-15/h1-7,14,17-18,27H,8-13H2/t17-,18-/m1/s1. The number of ether oxygens (including phenoxy) is 1. The number of rotatable bonds is 2. The van der Waals surface area contributed by atoms with Crippen molar-refractivity contribution in [2.45, 2.75) is 49.7 Å². The van der Waals surface area contributed by atoms with Crippen molar-refractivity contribution in [2.75, 3.05) is 18.0 Å². The molecule has 0 amide bonds. The third-order valence-corrected chi connectivity index (χ3v) is 5.73. The number of anilines is 1. The zero-order valence-electron chi connectivity index (χ0n) is 15.4. The fraction of sp³-hybridized carbons (Fsp3) is 0.476. The molecule has 28 heavy (non-hydrogen) atoms. The molecule has 2 atom stereocenters. The first-order valence-corrected chi connectivity index (χ1v) is 9.54. The zero-order valence-corrected chi connectivity index (χ0v) is 15.4. The lowest BCUT2D eigenvalue weighted by Gasteiger charge is -2.48. The molecule has 4 nitrogen and oxygen atoms in total. The van der Waals surface area contributed by atoms with Crippen LogP contribution >= 0.6 is 0 Å². The molecule has 2 aliphatic heterocycles. The van der Waals surface area contributed by atoms with Gasteiger partial charge in [0.1, 0.15) is 5.82 Å². The predicted octanol–water partition coefficient (Wildman–Crippen LogP) is 4.35. The molecular formula is C21H23F3N2O2. The normalized spacial score (nSPS) is 25.1. The quantitative estimate of drug-likeness (QED) is 0.825. The van der Waals surface area contributed by atoms with E-state index in [0.717, 1.165) is 17.8 Å². The van der Waals surface area contributed by atoms with Crippen molar-refractivity contribution >= 4 is 5.82 Å². The van der Waals surface area contributed by atoms with Crippen LogP contribution in [0.5, 0.6) is 0 Å². The van der Waals surface area contributed by atoms with Gasteiger partial charge in [-0.1, -0.05) is 30.3 Å². The summed E-state index contributed by atoms with van der Waals surface area (Å²) in [6.07, 6.45) is -1.48. The van der Waals surface area contributed by atoms with Gasteiger partial charge in [0.25, 0.3) is 0 Å². The number of piperidine rings is 1. The molecule has 2 saturated heterocycles. The van der Waals surface area contributed by atoms with E-state index in [1.807, 2.05) is 35.2 Å². The van der Waals surface area contributed by atoms with Gasteiger partial charge in [0, 0.05) is 32.1 Å². The average molecular weight is 392 g/mol. The summed E-state index contributed by atoms with van der Waals surface area (Å²) in [4.78, 5) is 5.98. The third kappa shape index (κ3) is 4.00. The Hall–Kier alpha value is -2.12. The molecule has 1 aromatic heterocycles. The van der Waals surface area contributed by atoms with Crippen molar-refractivity contribution in [2.24, 2.45) is 0 Å². The van der Waals surface area contributed by atoms with E-state index in [4.69, 9.17) is 4.74 Å². The molecule has 0 unspecified atom stereocenters. The second kappa shape index (κ2) is 7.37. The third-order valence-electron chi connectivity index (χ3n) is 5.73. The minimum atomic E-state index is -4.38. The molecule has 1 spiro atoms. The number of aliphatic hydroxyl groups is 1. The van der Waals surface area contributed by atoms with Crippen LogP contribution in [-0.2, 0) is 10.9 Å². The van der Waals surface area contributed by atoms with Gasteiger partial charge in [-0.3, -0.25) is 0 Å². The molecule has 150 valence electrons. The summed E-state index contributed by atoms with van der Waals surface area (Å²) in [7, 11) is 0. The monoisotopic (exact) mass is 392 g/mol. The Morgan fingerprint density at radius 2 is 1.79 bits per heavy atom. The summed E-state index contributed by atoms with van der Waals surface area (Å²) in [6.45, 7) is 1.26. The molecule has 0 saturated carbocycles. The molecule has 1 N–H and O–H groups in total. The molecule has 2 aromatic rings. The van der Waals surface area contributed by atoms with Gasteiger partial charge in [-0.2, -0.15) is 13.2 Å². The highest BCUT2D eigenvalue weighted by Gasteiger charge is 2.44. The van der Waals surface area contributed by atoms with E-state index >= 15 is 0 Å². The average Bonchev–Trinajstić information content (AvgIpc) is 2.68. The molecule has 2 fully saturated rings. The zero-order chi connectivity index (χ0) is 19.8. The van der Waals surface area contributed by atoms with E-state index in [1.54, 1.807) is 0 Å². The van der Waals surface area contributed by atoms with Crippen LogP contribution in [0.15, 0.2) is 48.7 Å². The van der Waals surface area contributed by atoms with Gasteiger partial charge in [-0.25, -0.2) is 4.98 Å². The first-order valence-electron chi connectivity index (χ1n) is 9.54. The van der Waals surface area contributed by atoms with Crippen LogP contribution in [0, 0.1) is 0 Å². The molecule has 7 heteroatoms. The minimum Gasteiger partial charge on any atom is -0.393 e. The van der Waals surface area contributed by atoms with Crippen molar-refractivity contribution in [3.8, 4) is 0 Å². The van der Waals surface area contributed by atoms with E-state index in [-0.39, 0.29) is 6.10 Å². The number of nitrogens with zero attached hydrogens (tertiary/aromatic N) is 2. The minimum absolute atomic E-state index is 0.138. The van der Waals surface area contributed by atoms with E-state index in [9.17, 15) is 18.3 Å². The maximum absolute atomic E-state index is 12.7.